The summed E-state index contributed by atoms with van der Waals surface area (Å²) < 4.78 is 5.71. The summed E-state index contributed by atoms with van der Waals surface area (Å²) in [5.74, 6) is 0. The molecule has 0 radical (unpaired) electrons. The number of aliphatic hydroxyl groups excluding tert-OH is 1. The second-order valence-electron chi connectivity index (χ2n) is 5.82. The first kappa shape index (κ1) is 16.6. The third-order valence-electron chi connectivity index (χ3n) is 2.90. The zero-order valence-corrected chi connectivity index (χ0v) is 12.0. The highest BCUT2D eigenvalue weighted by atomic mass is 16.5. The van der Waals surface area contributed by atoms with Crippen LogP contribution < -0.4 is 0 Å². The molecule has 3 nitrogen and oxygen atoms in total. The Morgan fingerprint density at radius 2 is 1.76 bits per heavy atom. The van der Waals surface area contributed by atoms with E-state index in [4.69, 9.17) is 4.74 Å². The number of hydrogen-bond acceptors (Lipinski definition) is 3. The number of aliphatic hydroxyl groups is 2. The van der Waals surface area contributed by atoms with Crippen molar-refractivity contribution in [2.75, 3.05) is 6.61 Å². The van der Waals surface area contributed by atoms with Crippen molar-refractivity contribution < 1.29 is 14.9 Å². The molecular weight excluding hydrogens is 216 g/mol. The molecule has 0 aromatic heterocycles. The van der Waals surface area contributed by atoms with Crippen LogP contribution in [-0.2, 0) is 4.74 Å². The van der Waals surface area contributed by atoms with Gasteiger partial charge in [-0.05, 0) is 41.0 Å². The van der Waals surface area contributed by atoms with Gasteiger partial charge in [0.25, 0.3) is 0 Å². The first-order valence-electron chi connectivity index (χ1n) is 6.26. The van der Waals surface area contributed by atoms with Crippen molar-refractivity contribution >= 4 is 0 Å². The summed E-state index contributed by atoms with van der Waals surface area (Å²) in [7, 11) is 0. The normalized spacial score (nSPS) is 20.2. The quantitative estimate of drug-likeness (QED) is 0.677. The van der Waals surface area contributed by atoms with E-state index < -0.39 is 5.60 Å². The second kappa shape index (κ2) is 6.53. The first-order chi connectivity index (χ1) is 7.60. The Balaban J connectivity index is 4.59. The van der Waals surface area contributed by atoms with Crippen molar-refractivity contribution in [2.45, 2.75) is 65.8 Å². The Labute approximate surface area is 105 Å². The third-order valence-corrected chi connectivity index (χ3v) is 2.90. The summed E-state index contributed by atoms with van der Waals surface area (Å²) in [6, 6.07) is 0. The van der Waals surface area contributed by atoms with Gasteiger partial charge in [-0.1, -0.05) is 19.1 Å². The fraction of sp³-hybridized carbons (Fsp3) is 0.857. The van der Waals surface area contributed by atoms with Crippen molar-refractivity contribution in [3.05, 3.63) is 12.2 Å². The number of allylic oxidation sites excluding steroid dienone is 1. The molecule has 0 aliphatic rings. The molecule has 3 heteroatoms. The SMILES string of the molecule is CC=CC(C)(CC(C)O)C(C)OCC(C)(C)O. The van der Waals surface area contributed by atoms with Crippen LogP contribution in [0.15, 0.2) is 12.2 Å². The van der Waals surface area contributed by atoms with Crippen molar-refractivity contribution in [3.63, 3.8) is 0 Å². The Hall–Kier alpha value is -0.380. The van der Waals surface area contributed by atoms with Gasteiger partial charge in [0, 0.05) is 5.41 Å². The molecule has 3 unspecified atom stereocenters. The van der Waals surface area contributed by atoms with E-state index in [0.29, 0.717) is 13.0 Å². The first-order valence-corrected chi connectivity index (χ1v) is 6.26. The molecule has 3 atom stereocenters. The monoisotopic (exact) mass is 244 g/mol. The molecule has 0 spiro atoms. The second-order valence-corrected chi connectivity index (χ2v) is 5.82. The molecule has 0 aliphatic carbocycles. The highest BCUT2D eigenvalue weighted by Gasteiger charge is 2.31. The van der Waals surface area contributed by atoms with Gasteiger partial charge < -0.3 is 14.9 Å². The lowest BCUT2D eigenvalue weighted by atomic mass is 9.79. The van der Waals surface area contributed by atoms with E-state index >= 15 is 0 Å². The molecule has 0 aromatic carbocycles. The van der Waals surface area contributed by atoms with Crippen molar-refractivity contribution in [3.8, 4) is 0 Å². The van der Waals surface area contributed by atoms with Gasteiger partial charge in [-0.2, -0.15) is 0 Å². The van der Waals surface area contributed by atoms with Crippen molar-refractivity contribution in [1.82, 2.24) is 0 Å². The number of ether oxygens (including phenoxy) is 1. The molecule has 0 aliphatic heterocycles. The highest BCUT2D eigenvalue weighted by molar-refractivity contribution is 5.00. The fourth-order valence-corrected chi connectivity index (χ4v) is 1.91. The van der Waals surface area contributed by atoms with Crippen LogP contribution in [0, 0.1) is 5.41 Å². The van der Waals surface area contributed by atoms with Gasteiger partial charge in [0.2, 0.25) is 0 Å². The minimum atomic E-state index is -0.823. The van der Waals surface area contributed by atoms with Gasteiger partial charge in [-0.25, -0.2) is 0 Å². The summed E-state index contributed by atoms with van der Waals surface area (Å²) >= 11 is 0. The van der Waals surface area contributed by atoms with Crippen LogP contribution in [0.25, 0.3) is 0 Å². The molecule has 0 heterocycles. The predicted molar refractivity (Wildman–Crippen MR) is 70.9 cm³/mol. The van der Waals surface area contributed by atoms with Crippen LogP contribution in [0.5, 0.6) is 0 Å². The van der Waals surface area contributed by atoms with Crippen LogP contribution in [0.3, 0.4) is 0 Å². The lowest BCUT2D eigenvalue weighted by Gasteiger charge is -2.35. The van der Waals surface area contributed by atoms with Crippen LogP contribution in [0.4, 0.5) is 0 Å². The fourth-order valence-electron chi connectivity index (χ4n) is 1.91. The molecule has 0 amide bonds. The molecule has 0 bridgehead atoms. The molecule has 0 saturated heterocycles. The molecule has 0 fully saturated rings. The van der Waals surface area contributed by atoms with E-state index in [0.717, 1.165) is 0 Å². The van der Waals surface area contributed by atoms with Gasteiger partial charge in [-0.3, -0.25) is 0 Å². The Kier molecular flexibility index (Phi) is 6.38. The van der Waals surface area contributed by atoms with Gasteiger partial charge in [0.1, 0.15) is 0 Å². The Morgan fingerprint density at radius 1 is 1.24 bits per heavy atom. The van der Waals surface area contributed by atoms with E-state index in [1.54, 1.807) is 20.8 Å². The summed E-state index contributed by atoms with van der Waals surface area (Å²) in [6.45, 7) is 11.5. The highest BCUT2D eigenvalue weighted by Crippen LogP contribution is 2.32. The van der Waals surface area contributed by atoms with E-state index in [2.05, 4.69) is 13.0 Å². The van der Waals surface area contributed by atoms with Gasteiger partial charge in [-0.15, -0.1) is 0 Å². The predicted octanol–water partition coefficient (Wildman–Crippen LogP) is 2.52. The smallest absolute Gasteiger partial charge is 0.0824 e. The lowest BCUT2D eigenvalue weighted by Crippen LogP contribution is -2.37. The average molecular weight is 244 g/mol. The maximum atomic E-state index is 9.65. The maximum Gasteiger partial charge on any atom is 0.0824 e. The number of hydrogen-bond donors (Lipinski definition) is 2. The molecule has 0 aromatic rings. The Morgan fingerprint density at radius 3 is 2.12 bits per heavy atom. The number of rotatable bonds is 7. The maximum absolute atomic E-state index is 9.65. The molecule has 102 valence electrons. The van der Waals surface area contributed by atoms with Crippen LogP contribution >= 0.6 is 0 Å². The van der Waals surface area contributed by atoms with Crippen LogP contribution in [-0.4, -0.2) is 34.6 Å². The van der Waals surface area contributed by atoms with E-state index in [1.807, 2.05) is 19.9 Å². The average Bonchev–Trinajstić information content (AvgIpc) is 2.11. The summed E-state index contributed by atoms with van der Waals surface area (Å²) in [5, 5.41) is 19.2. The summed E-state index contributed by atoms with van der Waals surface area (Å²) in [6.07, 6.45) is 4.26. The molecule has 0 rings (SSSR count). The molecule has 0 saturated carbocycles. The molecule has 17 heavy (non-hydrogen) atoms. The molecule has 2 N–H and O–H groups in total. The van der Waals surface area contributed by atoms with Gasteiger partial charge >= 0.3 is 0 Å². The van der Waals surface area contributed by atoms with Gasteiger partial charge in [0.15, 0.2) is 0 Å². The minimum Gasteiger partial charge on any atom is -0.393 e. The van der Waals surface area contributed by atoms with Crippen LogP contribution in [0.2, 0.25) is 0 Å². The van der Waals surface area contributed by atoms with E-state index in [-0.39, 0.29) is 17.6 Å². The Bertz CT molecular complexity index is 240. The minimum absolute atomic E-state index is 0.0558. The standard InChI is InChI=1S/C14H28O3/c1-7-8-14(6,9-11(2)15)12(3)17-10-13(4,5)16/h7-8,11-12,15-16H,9-10H2,1-6H3. The van der Waals surface area contributed by atoms with E-state index in [1.165, 1.54) is 0 Å². The topological polar surface area (TPSA) is 49.7 Å². The summed E-state index contributed by atoms with van der Waals surface area (Å²) in [5.41, 5.74) is -1.04. The van der Waals surface area contributed by atoms with Gasteiger partial charge in [0.05, 0.1) is 24.4 Å². The third kappa shape index (κ3) is 6.81. The lowest BCUT2D eigenvalue weighted by molar-refractivity contribution is -0.0825. The van der Waals surface area contributed by atoms with Crippen LogP contribution in [0.1, 0.15) is 48.0 Å². The van der Waals surface area contributed by atoms with Crippen molar-refractivity contribution in [1.29, 1.82) is 0 Å². The summed E-state index contributed by atoms with van der Waals surface area (Å²) in [4.78, 5) is 0. The zero-order valence-electron chi connectivity index (χ0n) is 12.0. The zero-order chi connectivity index (χ0) is 13.7. The van der Waals surface area contributed by atoms with E-state index in [9.17, 15) is 10.2 Å². The molecular formula is C14H28O3. The van der Waals surface area contributed by atoms with Crippen molar-refractivity contribution in [2.24, 2.45) is 5.41 Å². The largest absolute Gasteiger partial charge is 0.393 e.